The van der Waals surface area contributed by atoms with E-state index in [0.29, 0.717) is 0 Å². The molecular weight excluding hydrogens is 436 g/mol. The minimum atomic E-state index is 0.731. The molecule has 0 amide bonds. The molecule has 0 bridgehead atoms. The van der Waals surface area contributed by atoms with Crippen LogP contribution in [-0.2, 0) is 0 Å². The average molecular weight is 459 g/mol. The predicted octanol–water partition coefficient (Wildman–Crippen LogP) is 8.94. The number of hydrogen-bond acceptors (Lipinski definition) is 2. The second-order valence-electron chi connectivity index (χ2n) is 9.05. The molecule has 0 spiro atoms. The Morgan fingerprint density at radius 3 is 1.72 bits per heavy atom. The van der Waals surface area contributed by atoms with Crippen molar-refractivity contribution in [3.8, 4) is 33.9 Å². The maximum Gasteiger partial charge on any atom is 0.160 e. The highest BCUT2D eigenvalue weighted by atomic mass is 14.9. The molecule has 0 N–H and O–H groups in total. The highest BCUT2D eigenvalue weighted by Gasteiger charge is 2.15. The molecule has 0 saturated carbocycles. The highest BCUT2D eigenvalue weighted by Crippen LogP contribution is 2.38. The van der Waals surface area contributed by atoms with Crippen LogP contribution < -0.4 is 0 Å². The molecule has 7 rings (SSSR count). The Hall–Kier alpha value is -4.82. The van der Waals surface area contributed by atoms with Gasteiger partial charge in [0.2, 0.25) is 0 Å². The molecule has 0 saturated heterocycles. The van der Waals surface area contributed by atoms with Gasteiger partial charge in [0, 0.05) is 16.7 Å². The molecule has 0 unspecified atom stereocenters. The van der Waals surface area contributed by atoms with Gasteiger partial charge < -0.3 is 0 Å². The molecule has 0 atom stereocenters. The van der Waals surface area contributed by atoms with Crippen molar-refractivity contribution in [1.82, 2.24) is 9.97 Å². The summed E-state index contributed by atoms with van der Waals surface area (Å²) in [5.41, 5.74) is 5.04. The van der Waals surface area contributed by atoms with E-state index in [-0.39, 0.29) is 0 Å². The minimum Gasteiger partial charge on any atom is -0.228 e. The first-order valence-electron chi connectivity index (χ1n) is 12.2. The number of nitrogens with zero attached hydrogens (tertiary/aromatic N) is 2. The van der Waals surface area contributed by atoms with E-state index in [1.807, 2.05) is 24.3 Å². The lowest BCUT2D eigenvalue weighted by atomic mass is 9.92. The standard InChI is InChI=1S/C34H22N2/c1-3-12-24(13-4-1)32-22-33(36-34(35-32)25-14-5-2-6-15-25)31-21-30-26-16-8-7-11-23(26)19-20-29(30)27-17-9-10-18-28(27)31/h1-22H. The smallest absolute Gasteiger partial charge is 0.160 e. The Bertz CT molecular complexity index is 1820. The quantitative estimate of drug-likeness (QED) is 0.247. The molecule has 0 aliphatic heterocycles. The Labute approximate surface area is 209 Å². The first-order valence-corrected chi connectivity index (χ1v) is 12.2. The van der Waals surface area contributed by atoms with Crippen molar-refractivity contribution in [2.75, 3.05) is 0 Å². The third-order valence-electron chi connectivity index (χ3n) is 6.87. The first kappa shape index (κ1) is 20.5. The summed E-state index contributed by atoms with van der Waals surface area (Å²) >= 11 is 0. The molecule has 36 heavy (non-hydrogen) atoms. The van der Waals surface area contributed by atoms with Crippen LogP contribution in [0, 0.1) is 0 Å². The number of fused-ring (bicyclic) bond motifs is 5. The third kappa shape index (κ3) is 3.43. The van der Waals surface area contributed by atoms with E-state index >= 15 is 0 Å². The van der Waals surface area contributed by atoms with Crippen LogP contribution in [-0.4, -0.2) is 9.97 Å². The SMILES string of the molecule is c1ccc(-c2cc(-c3cc4c5ccccc5ccc4c4ccccc34)nc(-c3ccccc3)n2)cc1. The lowest BCUT2D eigenvalue weighted by molar-refractivity contribution is 1.19. The monoisotopic (exact) mass is 458 g/mol. The Balaban J connectivity index is 1.58. The zero-order valence-corrected chi connectivity index (χ0v) is 19.6. The van der Waals surface area contributed by atoms with Gasteiger partial charge in [0.15, 0.2) is 5.82 Å². The zero-order valence-electron chi connectivity index (χ0n) is 19.6. The fourth-order valence-electron chi connectivity index (χ4n) is 5.13. The molecule has 1 aromatic heterocycles. The molecule has 1 heterocycles. The summed E-state index contributed by atoms with van der Waals surface area (Å²) in [6, 6.07) is 46.7. The summed E-state index contributed by atoms with van der Waals surface area (Å²) in [4.78, 5) is 10.1. The van der Waals surface area contributed by atoms with Crippen molar-refractivity contribution >= 4 is 32.3 Å². The second-order valence-corrected chi connectivity index (χ2v) is 9.05. The van der Waals surface area contributed by atoms with Gasteiger partial charge in [-0.25, -0.2) is 9.97 Å². The number of rotatable bonds is 3. The number of benzene rings is 6. The van der Waals surface area contributed by atoms with Gasteiger partial charge in [-0.3, -0.25) is 0 Å². The molecule has 0 aliphatic carbocycles. The van der Waals surface area contributed by atoms with E-state index < -0.39 is 0 Å². The highest BCUT2D eigenvalue weighted by molar-refractivity contribution is 6.20. The van der Waals surface area contributed by atoms with Gasteiger partial charge in [-0.05, 0) is 44.5 Å². The van der Waals surface area contributed by atoms with Crippen LogP contribution in [0.3, 0.4) is 0 Å². The third-order valence-corrected chi connectivity index (χ3v) is 6.87. The Morgan fingerprint density at radius 2 is 0.944 bits per heavy atom. The second kappa shape index (κ2) is 8.44. The van der Waals surface area contributed by atoms with Crippen LogP contribution >= 0.6 is 0 Å². The van der Waals surface area contributed by atoms with Crippen molar-refractivity contribution in [3.05, 3.63) is 133 Å². The van der Waals surface area contributed by atoms with Gasteiger partial charge in [-0.15, -0.1) is 0 Å². The molecule has 2 nitrogen and oxygen atoms in total. The van der Waals surface area contributed by atoms with Crippen molar-refractivity contribution in [2.45, 2.75) is 0 Å². The van der Waals surface area contributed by atoms with Gasteiger partial charge in [-0.1, -0.05) is 121 Å². The van der Waals surface area contributed by atoms with E-state index in [1.54, 1.807) is 0 Å². The zero-order chi connectivity index (χ0) is 23.9. The average Bonchev–Trinajstić information content (AvgIpc) is 2.97. The molecule has 0 aliphatic rings. The molecule has 7 aromatic rings. The van der Waals surface area contributed by atoms with Crippen LogP contribution in [0.1, 0.15) is 0 Å². The molecule has 2 heteroatoms. The van der Waals surface area contributed by atoms with Crippen LogP contribution in [0.25, 0.3) is 66.2 Å². The van der Waals surface area contributed by atoms with Gasteiger partial charge in [0.25, 0.3) is 0 Å². The van der Waals surface area contributed by atoms with Crippen molar-refractivity contribution < 1.29 is 0 Å². The summed E-state index contributed by atoms with van der Waals surface area (Å²) in [5.74, 6) is 0.731. The lowest BCUT2D eigenvalue weighted by Crippen LogP contribution is -1.96. The van der Waals surface area contributed by atoms with Crippen LogP contribution in [0.15, 0.2) is 133 Å². The summed E-state index contributed by atoms with van der Waals surface area (Å²) in [7, 11) is 0. The molecule has 0 fully saturated rings. The van der Waals surface area contributed by atoms with Crippen molar-refractivity contribution in [2.24, 2.45) is 0 Å². The van der Waals surface area contributed by atoms with E-state index in [0.717, 1.165) is 33.9 Å². The normalized spacial score (nSPS) is 11.3. The topological polar surface area (TPSA) is 25.8 Å². The molecule has 168 valence electrons. The van der Waals surface area contributed by atoms with E-state index in [1.165, 1.54) is 32.3 Å². The number of aromatic nitrogens is 2. The fourth-order valence-corrected chi connectivity index (χ4v) is 5.13. The predicted molar refractivity (Wildman–Crippen MR) is 151 cm³/mol. The Kier molecular flexibility index (Phi) is 4.82. The van der Waals surface area contributed by atoms with E-state index in [2.05, 4.69) is 109 Å². The van der Waals surface area contributed by atoms with Gasteiger partial charge in [0.05, 0.1) is 11.4 Å². The maximum atomic E-state index is 5.13. The van der Waals surface area contributed by atoms with Crippen molar-refractivity contribution in [3.63, 3.8) is 0 Å². The largest absolute Gasteiger partial charge is 0.228 e. The summed E-state index contributed by atoms with van der Waals surface area (Å²) < 4.78 is 0. The van der Waals surface area contributed by atoms with E-state index in [9.17, 15) is 0 Å². The number of hydrogen-bond donors (Lipinski definition) is 0. The van der Waals surface area contributed by atoms with E-state index in [4.69, 9.17) is 9.97 Å². The molecule has 0 radical (unpaired) electrons. The van der Waals surface area contributed by atoms with Crippen LogP contribution in [0.5, 0.6) is 0 Å². The molecular formula is C34H22N2. The summed E-state index contributed by atoms with van der Waals surface area (Å²) in [6.45, 7) is 0. The maximum absolute atomic E-state index is 5.13. The first-order chi connectivity index (χ1) is 17.8. The van der Waals surface area contributed by atoms with Gasteiger partial charge in [-0.2, -0.15) is 0 Å². The van der Waals surface area contributed by atoms with Crippen LogP contribution in [0.4, 0.5) is 0 Å². The summed E-state index contributed by atoms with van der Waals surface area (Å²) in [6.07, 6.45) is 0. The van der Waals surface area contributed by atoms with Crippen molar-refractivity contribution in [1.29, 1.82) is 0 Å². The van der Waals surface area contributed by atoms with Crippen LogP contribution in [0.2, 0.25) is 0 Å². The summed E-state index contributed by atoms with van der Waals surface area (Å²) in [5, 5.41) is 7.41. The fraction of sp³-hybridized carbons (Fsp3) is 0. The molecule has 6 aromatic carbocycles. The van der Waals surface area contributed by atoms with Gasteiger partial charge >= 0.3 is 0 Å². The lowest BCUT2D eigenvalue weighted by Gasteiger charge is -2.14. The Morgan fingerprint density at radius 1 is 0.361 bits per heavy atom. The minimum absolute atomic E-state index is 0.731. The van der Waals surface area contributed by atoms with Gasteiger partial charge in [0.1, 0.15) is 0 Å².